The number of aliphatic hydroxyl groups is 1. The molecule has 0 saturated heterocycles. The summed E-state index contributed by atoms with van der Waals surface area (Å²) < 4.78 is 16.1. The first-order valence-electron chi connectivity index (χ1n) is 6.96. The number of methoxy groups -OCH3 is 1. The highest BCUT2D eigenvalue weighted by molar-refractivity contribution is 5.55. The fraction of sp³-hybridized carbons (Fsp3) is 0.600. The van der Waals surface area contributed by atoms with Crippen molar-refractivity contribution in [2.45, 2.75) is 32.9 Å². The molecule has 0 radical (unpaired) electrons. The number of benzene rings is 1. The van der Waals surface area contributed by atoms with Crippen LogP contribution in [-0.4, -0.2) is 31.7 Å². The van der Waals surface area contributed by atoms with Crippen molar-refractivity contribution in [3.05, 3.63) is 17.7 Å². The number of fused-ring (bicyclic) bond motifs is 1. The Balaban J connectivity index is 2.06. The van der Waals surface area contributed by atoms with Gasteiger partial charge >= 0.3 is 0 Å². The maximum atomic E-state index is 9.10. The molecule has 1 heterocycles. The van der Waals surface area contributed by atoms with E-state index in [1.807, 2.05) is 12.1 Å². The van der Waals surface area contributed by atoms with Gasteiger partial charge in [-0.05, 0) is 30.0 Å². The maximum Gasteiger partial charge on any atom is 0.231 e. The van der Waals surface area contributed by atoms with Gasteiger partial charge in [0.15, 0.2) is 11.5 Å². The van der Waals surface area contributed by atoms with Crippen LogP contribution in [0, 0.1) is 5.92 Å². The third-order valence-corrected chi connectivity index (χ3v) is 3.53. The second-order valence-corrected chi connectivity index (χ2v) is 5.28. The number of rotatable bonds is 7. The van der Waals surface area contributed by atoms with E-state index in [1.54, 1.807) is 7.11 Å². The topological polar surface area (TPSA) is 60.0 Å². The first-order valence-corrected chi connectivity index (χ1v) is 6.96. The predicted octanol–water partition coefficient (Wildman–Crippen LogP) is 1.92. The highest BCUT2D eigenvalue weighted by Crippen LogP contribution is 2.41. The molecule has 5 heteroatoms. The predicted molar refractivity (Wildman–Crippen MR) is 76.3 cm³/mol. The normalized spacial score (nSPS) is 14.7. The highest BCUT2D eigenvalue weighted by Gasteiger charge is 2.20. The second kappa shape index (κ2) is 6.81. The Morgan fingerprint density at radius 2 is 2.15 bits per heavy atom. The Kier molecular flexibility index (Phi) is 5.09. The van der Waals surface area contributed by atoms with Crippen molar-refractivity contribution in [3.8, 4) is 17.2 Å². The average molecular weight is 281 g/mol. The van der Waals surface area contributed by atoms with Crippen LogP contribution in [0.25, 0.3) is 0 Å². The van der Waals surface area contributed by atoms with E-state index in [4.69, 9.17) is 19.3 Å². The summed E-state index contributed by atoms with van der Waals surface area (Å²) in [6.07, 6.45) is 0.749. The van der Waals surface area contributed by atoms with Crippen LogP contribution in [0.4, 0.5) is 0 Å². The van der Waals surface area contributed by atoms with E-state index < -0.39 is 0 Å². The minimum Gasteiger partial charge on any atom is -0.493 e. The zero-order valence-electron chi connectivity index (χ0n) is 12.3. The molecule has 5 nitrogen and oxygen atoms in total. The summed E-state index contributed by atoms with van der Waals surface area (Å²) in [6, 6.07) is 4.21. The first kappa shape index (κ1) is 14.9. The molecule has 0 bridgehead atoms. The van der Waals surface area contributed by atoms with E-state index in [2.05, 4.69) is 19.2 Å². The monoisotopic (exact) mass is 281 g/mol. The van der Waals surface area contributed by atoms with Crippen LogP contribution in [0.5, 0.6) is 17.2 Å². The minimum absolute atomic E-state index is 0.195. The fourth-order valence-electron chi connectivity index (χ4n) is 2.35. The fourth-order valence-corrected chi connectivity index (χ4v) is 2.35. The summed E-state index contributed by atoms with van der Waals surface area (Å²) in [7, 11) is 1.62. The smallest absolute Gasteiger partial charge is 0.231 e. The molecule has 0 saturated carbocycles. The van der Waals surface area contributed by atoms with Gasteiger partial charge in [-0.2, -0.15) is 0 Å². The van der Waals surface area contributed by atoms with Gasteiger partial charge in [0.25, 0.3) is 0 Å². The van der Waals surface area contributed by atoms with Crippen molar-refractivity contribution >= 4 is 0 Å². The van der Waals surface area contributed by atoms with Gasteiger partial charge in [-0.15, -0.1) is 0 Å². The number of ether oxygens (including phenoxy) is 3. The van der Waals surface area contributed by atoms with Crippen molar-refractivity contribution in [2.24, 2.45) is 5.92 Å². The molecule has 1 aromatic carbocycles. The molecule has 1 unspecified atom stereocenters. The summed E-state index contributed by atoms with van der Waals surface area (Å²) in [5, 5.41) is 12.6. The van der Waals surface area contributed by atoms with E-state index in [-0.39, 0.29) is 19.4 Å². The van der Waals surface area contributed by atoms with Crippen molar-refractivity contribution in [1.82, 2.24) is 5.32 Å². The van der Waals surface area contributed by atoms with Gasteiger partial charge in [0.1, 0.15) is 0 Å². The van der Waals surface area contributed by atoms with Gasteiger partial charge in [-0.25, -0.2) is 0 Å². The minimum atomic E-state index is 0.195. The lowest BCUT2D eigenvalue weighted by Gasteiger charge is -2.21. The maximum absolute atomic E-state index is 9.10. The van der Waals surface area contributed by atoms with Gasteiger partial charge in [0.05, 0.1) is 7.11 Å². The molecule has 0 amide bonds. The van der Waals surface area contributed by atoms with Crippen molar-refractivity contribution in [1.29, 1.82) is 0 Å². The first-order chi connectivity index (χ1) is 9.65. The molecule has 0 fully saturated rings. The standard InChI is InChI=1S/C15H23NO4/c1-10(2)12(4-5-17)16-8-11-6-13(18-3)15-14(7-11)19-9-20-15/h6-7,10,12,16-17H,4-5,8-9H2,1-3H3. The Hall–Kier alpha value is -1.46. The van der Waals surface area contributed by atoms with Crippen molar-refractivity contribution in [3.63, 3.8) is 0 Å². The zero-order valence-corrected chi connectivity index (χ0v) is 12.3. The number of hydrogen-bond acceptors (Lipinski definition) is 5. The summed E-state index contributed by atoms with van der Waals surface area (Å²) >= 11 is 0. The van der Waals surface area contributed by atoms with Gasteiger partial charge < -0.3 is 24.6 Å². The van der Waals surface area contributed by atoms with Gasteiger partial charge in [0.2, 0.25) is 12.5 Å². The summed E-state index contributed by atoms with van der Waals surface area (Å²) in [6.45, 7) is 5.43. The van der Waals surface area contributed by atoms with Crippen LogP contribution in [-0.2, 0) is 6.54 Å². The summed E-state index contributed by atoms with van der Waals surface area (Å²) in [5.74, 6) is 2.56. The summed E-state index contributed by atoms with van der Waals surface area (Å²) in [4.78, 5) is 0. The molecule has 0 aliphatic carbocycles. The Morgan fingerprint density at radius 1 is 1.35 bits per heavy atom. The van der Waals surface area contributed by atoms with E-state index in [9.17, 15) is 0 Å². The van der Waals surface area contributed by atoms with Crippen molar-refractivity contribution in [2.75, 3.05) is 20.5 Å². The Morgan fingerprint density at radius 3 is 2.80 bits per heavy atom. The highest BCUT2D eigenvalue weighted by atomic mass is 16.7. The second-order valence-electron chi connectivity index (χ2n) is 5.28. The van der Waals surface area contributed by atoms with Gasteiger partial charge in [0, 0.05) is 19.2 Å². The zero-order chi connectivity index (χ0) is 14.5. The lowest BCUT2D eigenvalue weighted by molar-refractivity contribution is 0.171. The number of aliphatic hydroxyl groups excluding tert-OH is 1. The number of nitrogens with one attached hydrogen (secondary N) is 1. The molecule has 112 valence electrons. The van der Waals surface area contributed by atoms with E-state index in [0.717, 1.165) is 17.7 Å². The molecule has 20 heavy (non-hydrogen) atoms. The van der Waals surface area contributed by atoms with E-state index in [0.29, 0.717) is 24.0 Å². The Bertz CT molecular complexity index is 448. The molecular weight excluding hydrogens is 258 g/mol. The van der Waals surface area contributed by atoms with Crippen LogP contribution in [0.1, 0.15) is 25.8 Å². The molecule has 0 spiro atoms. The molecule has 1 aliphatic rings. The third-order valence-electron chi connectivity index (χ3n) is 3.53. The van der Waals surface area contributed by atoms with Gasteiger partial charge in [-0.1, -0.05) is 13.8 Å². The lowest BCUT2D eigenvalue weighted by atomic mass is 10.0. The molecule has 2 N–H and O–H groups in total. The van der Waals surface area contributed by atoms with Crippen LogP contribution in [0.2, 0.25) is 0 Å². The van der Waals surface area contributed by atoms with Crippen LogP contribution < -0.4 is 19.5 Å². The molecular formula is C15H23NO4. The third kappa shape index (κ3) is 3.35. The quantitative estimate of drug-likeness (QED) is 0.799. The van der Waals surface area contributed by atoms with Crippen LogP contribution in [0.3, 0.4) is 0 Å². The molecule has 2 rings (SSSR count). The van der Waals surface area contributed by atoms with E-state index >= 15 is 0 Å². The van der Waals surface area contributed by atoms with Crippen LogP contribution in [0.15, 0.2) is 12.1 Å². The average Bonchev–Trinajstić information content (AvgIpc) is 2.90. The SMILES string of the molecule is COc1cc(CNC(CCO)C(C)C)cc2c1OCO2. The van der Waals surface area contributed by atoms with Crippen molar-refractivity contribution < 1.29 is 19.3 Å². The van der Waals surface area contributed by atoms with Gasteiger partial charge in [-0.3, -0.25) is 0 Å². The summed E-state index contributed by atoms with van der Waals surface area (Å²) in [5.41, 5.74) is 1.08. The largest absolute Gasteiger partial charge is 0.493 e. The van der Waals surface area contributed by atoms with Crippen LogP contribution >= 0.6 is 0 Å². The lowest BCUT2D eigenvalue weighted by Crippen LogP contribution is -2.34. The molecule has 1 atom stereocenters. The Labute approximate surface area is 119 Å². The molecule has 1 aromatic rings. The van der Waals surface area contributed by atoms with E-state index in [1.165, 1.54) is 0 Å². The number of hydrogen-bond donors (Lipinski definition) is 2. The molecule has 1 aliphatic heterocycles. The molecule has 0 aromatic heterocycles.